The van der Waals surface area contributed by atoms with Crippen LogP contribution >= 0.6 is 11.8 Å². The van der Waals surface area contributed by atoms with E-state index in [1.165, 1.54) is 31.0 Å². The number of rotatable bonds is 7. The molecule has 1 aromatic heterocycles. The van der Waals surface area contributed by atoms with Crippen molar-refractivity contribution in [3.63, 3.8) is 0 Å². The SMILES string of the molecule is COc1ccc(-c2nnc(SCC(=O)N(C)C3CCCCC3)o2)c(OC)c1. The fourth-order valence-corrected chi connectivity index (χ4v) is 3.94. The molecule has 1 saturated carbocycles. The minimum atomic E-state index is 0.0914. The molecule has 1 heterocycles. The predicted molar refractivity (Wildman–Crippen MR) is 103 cm³/mol. The number of carbonyl (C=O) groups is 1. The Kier molecular flexibility index (Phi) is 6.60. The van der Waals surface area contributed by atoms with Gasteiger partial charge in [0.15, 0.2) is 0 Å². The molecule has 2 aromatic rings. The van der Waals surface area contributed by atoms with Gasteiger partial charge in [0.25, 0.3) is 11.1 Å². The Hall–Kier alpha value is -2.22. The highest BCUT2D eigenvalue weighted by Gasteiger charge is 2.23. The highest BCUT2D eigenvalue weighted by Crippen LogP contribution is 2.33. The molecule has 0 atom stereocenters. The zero-order valence-electron chi connectivity index (χ0n) is 15.9. The molecule has 0 radical (unpaired) electrons. The van der Waals surface area contributed by atoms with Crippen LogP contribution in [0.4, 0.5) is 0 Å². The zero-order valence-corrected chi connectivity index (χ0v) is 16.8. The molecule has 8 heteroatoms. The number of hydrogen-bond donors (Lipinski definition) is 0. The van der Waals surface area contributed by atoms with Crippen molar-refractivity contribution in [1.29, 1.82) is 0 Å². The lowest BCUT2D eigenvalue weighted by Gasteiger charge is -2.31. The maximum atomic E-state index is 12.4. The Bertz CT molecular complexity index is 774. The van der Waals surface area contributed by atoms with Crippen molar-refractivity contribution in [3.8, 4) is 23.0 Å². The van der Waals surface area contributed by atoms with Gasteiger partial charge in [0.2, 0.25) is 5.91 Å². The van der Waals surface area contributed by atoms with Crippen LogP contribution in [0.25, 0.3) is 11.5 Å². The Labute approximate surface area is 163 Å². The van der Waals surface area contributed by atoms with Crippen LogP contribution in [0, 0.1) is 0 Å². The molecule has 7 nitrogen and oxygen atoms in total. The number of methoxy groups -OCH3 is 2. The average molecular weight is 391 g/mol. The maximum absolute atomic E-state index is 12.4. The number of hydrogen-bond acceptors (Lipinski definition) is 7. The topological polar surface area (TPSA) is 77.7 Å². The smallest absolute Gasteiger partial charge is 0.277 e. The molecule has 146 valence electrons. The lowest BCUT2D eigenvalue weighted by Crippen LogP contribution is -2.39. The molecule has 0 spiro atoms. The summed E-state index contributed by atoms with van der Waals surface area (Å²) in [5.41, 5.74) is 0.684. The minimum Gasteiger partial charge on any atom is -0.497 e. The summed E-state index contributed by atoms with van der Waals surface area (Å²) in [6.45, 7) is 0. The Balaban J connectivity index is 1.62. The number of amides is 1. The van der Waals surface area contributed by atoms with Crippen LogP contribution in [0.5, 0.6) is 11.5 Å². The molecule has 0 aliphatic heterocycles. The van der Waals surface area contributed by atoms with Crippen LogP contribution < -0.4 is 9.47 Å². The standard InChI is InChI=1S/C19H25N3O4S/c1-22(13-7-5-4-6-8-13)17(23)12-27-19-21-20-18(26-19)15-10-9-14(24-2)11-16(15)25-3/h9-11,13H,4-8,12H2,1-3H3. The Morgan fingerprint density at radius 2 is 2.00 bits per heavy atom. The second-order valence-corrected chi connectivity index (χ2v) is 7.45. The van der Waals surface area contributed by atoms with Gasteiger partial charge in [-0.25, -0.2) is 0 Å². The van der Waals surface area contributed by atoms with Gasteiger partial charge in [-0.3, -0.25) is 4.79 Å². The van der Waals surface area contributed by atoms with E-state index in [9.17, 15) is 4.79 Å². The van der Waals surface area contributed by atoms with Gasteiger partial charge in [-0.15, -0.1) is 10.2 Å². The average Bonchev–Trinajstić information content (AvgIpc) is 3.20. The van der Waals surface area contributed by atoms with E-state index in [0.717, 1.165) is 12.8 Å². The van der Waals surface area contributed by atoms with Crippen molar-refractivity contribution in [2.24, 2.45) is 0 Å². The van der Waals surface area contributed by atoms with E-state index in [4.69, 9.17) is 13.9 Å². The van der Waals surface area contributed by atoms with Crippen LogP contribution in [0.15, 0.2) is 27.8 Å². The molecule has 0 N–H and O–H groups in total. The molecular weight excluding hydrogens is 366 g/mol. The van der Waals surface area contributed by atoms with Crippen molar-refractivity contribution >= 4 is 17.7 Å². The van der Waals surface area contributed by atoms with E-state index in [2.05, 4.69) is 10.2 Å². The van der Waals surface area contributed by atoms with Crippen molar-refractivity contribution in [2.75, 3.05) is 27.0 Å². The molecule has 27 heavy (non-hydrogen) atoms. The van der Waals surface area contributed by atoms with Crippen molar-refractivity contribution in [3.05, 3.63) is 18.2 Å². The fourth-order valence-electron chi connectivity index (χ4n) is 3.25. The third-order valence-corrected chi connectivity index (χ3v) is 5.68. The summed E-state index contributed by atoms with van der Waals surface area (Å²) in [6.07, 6.45) is 5.86. The van der Waals surface area contributed by atoms with E-state index < -0.39 is 0 Å². The van der Waals surface area contributed by atoms with E-state index >= 15 is 0 Å². The van der Waals surface area contributed by atoms with E-state index in [1.54, 1.807) is 26.4 Å². The molecule has 0 unspecified atom stereocenters. The molecule has 1 aromatic carbocycles. The highest BCUT2D eigenvalue weighted by atomic mass is 32.2. The Morgan fingerprint density at radius 3 is 2.70 bits per heavy atom. The number of ether oxygens (including phenoxy) is 2. The quantitative estimate of drug-likeness (QED) is 0.667. The van der Waals surface area contributed by atoms with E-state index in [1.807, 2.05) is 18.0 Å². The highest BCUT2D eigenvalue weighted by molar-refractivity contribution is 7.99. The second kappa shape index (κ2) is 9.12. The summed E-state index contributed by atoms with van der Waals surface area (Å²) in [7, 11) is 5.06. The summed E-state index contributed by atoms with van der Waals surface area (Å²) < 4.78 is 16.3. The molecule has 0 saturated heterocycles. The minimum absolute atomic E-state index is 0.0914. The summed E-state index contributed by atoms with van der Waals surface area (Å²) >= 11 is 1.26. The van der Waals surface area contributed by atoms with Crippen molar-refractivity contribution < 1.29 is 18.7 Å². The summed E-state index contributed by atoms with van der Waals surface area (Å²) in [5.74, 6) is 2.00. The van der Waals surface area contributed by atoms with Crippen LogP contribution in [0.2, 0.25) is 0 Å². The third kappa shape index (κ3) is 4.74. The van der Waals surface area contributed by atoms with Gasteiger partial charge in [0, 0.05) is 19.2 Å². The third-order valence-electron chi connectivity index (χ3n) is 4.88. The van der Waals surface area contributed by atoms with Crippen molar-refractivity contribution in [2.45, 2.75) is 43.4 Å². The molecule has 1 aliphatic rings. The molecule has 3 rings (SSSR count). The molecule has 1 aliphatic carbocycles. The Morgan fingerprint density at radius 1 is 1.22 bits per heavy atom. The van der Waals surface area contributed by atoms with E-state index in [0.29, 0.717) is 34.2 Å². The molecule has 1 fully saturated rings. The first kappa shape index (κ1) is 19.5. The monoisotopic (exact) mass is 391 g/mol. The molecule has 1 amide bonds. The van der Waals surface area contributed by atoms with Gasteiger partial charge in [-0.05, 0) is 25.0 Å². The van der Waals surface area contributed by atoms with Gasteiger partial charge in [-0.1, -0.05) is 31.0 Å². The summed E-state index contributed by atoms with van der Waals surface area (Å²) in [6, 6.07) is 5.72. The summed E-state index contributed by atoms with van der Waals surface area (Å²) in [4.78, 5) is 14.3. The first-order valence-electron chi connectivity index (χ1n) is 9.06. The van der Waals surface area contributed by atoms with E-state index in [-0.39, 0.29) is 11.7 Å². The van der Waals surface area contributed by atoms with Gasteiger partial charge < -0.3 is 18.8 Å². The lowest BCUT2D eigenvalue weighted by atomic mass is 9.94. The van der Waals surface area contributed by atoms with Crippen LogP contribution in [0.1, 0.15) is 32.1 Å². The van der Waals surface area contributed by atoms with Crippen LogP contribution in [-0.2, 0) is 4.79 Å². The number of nitrogens with zero attached hydrogens (tertiary/aromatic N) is 3. The van der Waals surface area contributed by atoms with Gasteiger partial charge in [0.1, 0.15) is 11.5 Å². The van der Waals surface area contributed by atoms with Crippen LogP contribution in [0.3, 0.4) is 0 Å². The van der Waals surface area contributed by atoms with Crippen molar-refractivity contribution in [1.82, 2.24) is 15.1 Å². The lowest BCUT2D eigenvalue weighted by molar-refractivity contribution is -0.129. The number of aromatic nitrogens is 2. The zero-order chi connectivity index (χ0) is 19.2. The normalized spacial score (nSPS) is 14.8. The largest absolute Gasteiger partial charge is 0.497 e. The van der Waals surface area contributed by atoms with Gasteiger partial charge in [0.05, 0.1) is 25.5 Å². The first-order chi connectivity index (χ1) is 13.1. The van der Waals surface area contributed by atoms with Crippen LogP contribution in [-0.4, -0.2) is 54.1 Å². The second-order valence-electron chi connectivity index (χ2n) is 6.52. The molecular formula is C19H25N3O4S. The number of benzene rings is 1. The number of carbonyl (C=O) groups excluding carboxylic acids is 1. The predicted octanol–water partition coefficient (Wildman–Crippen LogP) is 3.64. The van der Waals surface area contributed by atoms with Gasteiger partial charge in [-0.2, -0.15) is 0 Å². The first-order valence-corrected chi connectivity index (χ1v) is 10.0. The van der Waals surface area contributed by atoms with Gasteiger partial charge >= 0.3 is 0 Å². The molecule has 0 bridgehead atoms. The fraction of sp³-hybridized carbons (Fsp3) is 0.526. The summed E-state index contributed by atoms with van der Waals surface area (Å²) in [5, 5.41) is 8.49. The maximum Gasteiger partial charge on any atom is 0.277 e. The number of thioether (sulfide) groups is 1.